The molecule has 1 aliphatic carbocycles. The van der Waals surface area contributed by atoms with Crippen LogP contribution in [0.25, 0.3) is 0 Å². The SMILES string of the molecule is Cc1cccc(C)c1NC(=O)C1CCCCC1N1CCCC1.Cl. The molecule has 128 valence electrons. The second-order valence-electron chi connectivity index (χ2n) is 6.96. The molecule has 0 aromatic heterocycles. The molecular weight excluding hydrogens is 308 g/mol. The maximum absolute atomic E-state index is 12.9. The summed E-state index contributed by atoms with van der Waals surface area (Å²) in [6, 6.07) is 6.65. The average molecular weight is 337 g/mol. The van der Waals surface area contributed by atoms with Gasteiger partial charge >= 0.3 is 0 Å². The summed E-state index contributed by atoms with van der Waals surface area (Å²) in [5, 5.41) is 3.24. The predicted octanol–water partition coefficient (Wildman–Crippen LogP) is 4.32. The first kappa shape index (κ1) is 18.3. The number of amides is 1. The van der Waals surface area contributed by atoms with E-state index in [2.05, 4.69) is 36.2 Å². The summed E-state index contributed by atoms with van der Waals surface area (Å²) < 4.78 is 0. The predicted molar refractivity (Wildman–Crippen MR) is 98.3 cm³/mol. The van der Waals surface area contributed by atoms with Gasteiger partial charge in [0.1, 0.15) is 0 Å². The van der Waals surface area contributed by atoms with Crippen LogP contribution in [0, 0.1) is 19.8 Å². The van der Waals surface area contributed by atoms with E-state index in [1.807, 2.05) is 6.07 Å². The summed E-state index contributed by atoms with van der Waals surface area (Å²) in [7, 11) is 0. The summed E-state index contributed by atoms with van der Waals surface area (Å²) in [5.41, 5.74) is 3.32. The molecule has 1 aromatic rings. The van der Waals surface area contributed by atoms with Gasteiger partial charge in [-0.05, 0) is 63.7 Å². The van der Waals surface area contributed by atoms with Gasteiger partial charge in [0.25, 0.3) is 0 Å². The molecule has 1 heterocycles. The number of nitrogens with one attached hydrogen (secondary N) is 1. The van der Waals surface area contributed by atoms with Crippen LogP contribution in [0.2, 0.25) is 0 Å². The molecule has 1 aliphatic heterocycles. The minimum atomic E-state index is 0. The number of aryl methyl sites for hydroxylation is 2. The molecule has 3 rings (SSSR count). The third-order valence-electron chi connectivity index (χ3n) is 5.41. The molecule has 23 heavy (non-hydrogen) atoms. The standard InChI is InChI=1S/C19H28N2O.ClH/c1-14-8-7-9-15(2)18(14)20-19(22)16-10-3-4-11-17(16)21-12-5-6-13-21;/h7-9,16-17H,3-6,10-13H2,1-2H3,(H,20,22);1H. The minimum absolute atomic E-state index is 0. The topological polar surface area (TPSA) is 32.3 Å². The van der Waals surface area contributed by atoms with Gasteiger partial charge in [0.05, 0.1) is 5.92 Å². The van der Waals surface area contributed by atoms with E-state index < -0.39 is 0 Å². The maximum Gasteiger partial charge on any atom is 0.229 e. The highest BCUT2D eigenvalue weighted by Crippen LogP contribution is 2.32. The first-order valence-electron chi connectivity index (χ1n) is 8.78. The Bertz CT molecular complexity index is 520. The zero-order valence-corrected chi connectivity index (χ0v) is 15.1. The second-order valence-corrected chi connectivity index (χ2v) is 6.96. The van der Waals surface area contributed by atoms with E-state index in [-0.39, 0.29) is 24.2 Å². The Kier molecular flexibility index (Phi) is 6.49. The van der Waals surface area contributed by atoms with Crippen LogP contribution in [-0.2, 0) is 4.79 Å². The summed E-state index contributed by atoms with van der Waals surface area (Å²) in [6.07, 6.45) is 7.27. The van der Waals surface area contributed by atoms with Gasteiger partial charge < -0.3 is 5.32 Å². The van der Waals surface area contributed by atoms with Crippen LogP contribution in [0.3, 0.4) is 0 Å². The number of anilines is 1. The molecule has 1 saturated heterocycles. The Morgan fingerprint density at radius 2 is 1.65 bits per heavy atom. The van der Waals surface area contributed by atoms with Crippen LogP contribution in [0.4, 0.5) is 5.69 Å². The van der Waals surface area contributed by atoms with Crippen LogP contribution in [0.15, 0.2) is 18.2 Å². The van der Waals surface area contributed by atoms with Crippen molar-refractivity contribution in [2.45, 2.75) is 58.4 Å². The van der Waals surface area contributed by atoms with Crippen LogP contribution >= 0.6 is 12.4 Å². The Hall–Kier alpha value is -1.06. The van der Waals surface area contributed by atoms with Gasteiger partial charge in [0, 0.05) is 11.7 Å². The Labute approximate surface area is 146 Å². The number of carbonyl (C=O) groups excluding carboxylic acids is 1. The van der Waals surface area contributed by atoms with Gasteiger partial charge in [0.2, 0.25) is 5.91 Å². The molecule has 4 heteroatoms. The fraction of sp³-hybridized carbons (Fsp3) is 0.632. The number of hydrogen-bond donors (Lipinski definition) is 1. The molecule has 2 unspecified atom stereocenters. The zero-order valence-electron chi connectivity index (χ0n) is 14.3. The molecule has 1 amide bonds. The number of benzene rings is 1. The van der Waals surface area contributed by atoms with Gasteiger partial charge in [0.15, 0.2) is 0 Å². The van der Waals surface area contributed by atoms with Crippen molar-refractivity contribution in [2.75, 3.05) is 18.4 Å². The van der Waals surface area contributed by atoms with Gasteiger partial charge in [-0.25, -0.2) is 0 Å². The zero-order chi connectivity index (χ0) is 15.5. The normalized spacial score (nSPS) is 25.0. The lowest BCUT2D eigenvalue weighted by atomic mass is 9.83. The molecule has 2 atom stereocenters. The lowest BCUT2D eigenvalue weighted by Gasteiger charge is -2.37. The molecule has 1 aromatic carbocycles. The second kappa shape index (κ2) is 8.16. The van der Waals surface area contributed by atoms with Crippen molar-refractivity contribution in [3.8, 4) is 0 Å². The van der Waals surface area contributed by atoms with Crippen LogP contribution < -0.4 is 5.32 Å². The number of para-hydroxylation sites is 1. The summed E-state index contributed by atoms with van der Waals surface area (Å²) in [6.45, 7) is 6.50. The Morgan fingerprint density at radius 1 is 1.04 bits per heavy atom. The summed E-state index contributed by atoms with van der Waals surface area (Å²) >= 11 is 0. The van der Waals surface area contributed by atoms with E-state index in [0.29, 0.717) is 6.04 Å². The smallest absolute Gasteiger partial charge is 0.229 e. The Morgan fingerprint density at radius 3 is 2.30 bits per heavy atom. The van der Waals surface area contributed by atoms with Gasteiger partial charge in [-0.3, -0.25) is 9.69 Å². The number of halogens is 1. The van der Waals surface area contributed by atoms with E-state index in [0.717, 1.165) is 23.2 Å². The highest BCUT2D eigenvalue weighted by molar-refractivity contribution is 5.94. The summed E-state index contributed by atoms with van der Waals surface area (Å²) in [5.74, 6) is 0.389. The van der Waals surface area contributed by atoms with E-state index >= 15 is 0 Å². The highest BCUT2D eigenvalue weighted by atomic mass is 35.5. The van der Waals surface area contributed by atoms with Crippen molar-refractivity contribution in [3.63, 3.8) is 0 Å². The third-order valence-corrected chi connectivity index (χ3v) is 5.41. The fourth-order valence-corrected chi connectivity index (χ4v) is 4.15. The molecule has 2 fully saturated rings. The van der Waals surface area contributed by atoms with Crippen molar-refractivity contribution in [3.05, 3.63) is 29.3 Å². The Balaban J connectivity index is 0.00000192. The van der Waals surface area contributed by atoms with E-state index in [9.17, 15) is 4.79 Å². The molecule has 1 saturated carbocycles. The first-order valence-corrected chi connectivity index (χ1v) is 8.78. The fourth-order valence-electron chi connectivity index (χ4n) is 4.15. The van der Waals surface area contributed by atoms with Crippen LogP contribution in [0.1, 0.15) is 49.7 Å². The number of nitrogens with zero attached hydrogens (tertiary/aromatic N) is 1. The molecule has 0 radical (unpaired) electrons. The van der Waals surface area contributed by atoms with Crippen molar-refractivity contribution in [1.82, 2.24) is 4.90 Å². The van der Waals surface area contributed by atoms with Crippen molar-refractivity contribution < 1.29 is 4.79 Å². The first-order chi connectivity index (χ1) is 10.7. The largest absolute Gasteiger partial charge is 0.325 e. The molecule has 2 aliphatic rings. The molecule has 3 nitrogen and oxygen atoms in total. The van der Waals surface area contributed by atoms with Crippen molar-refractivity contribution in [2.24, 2.45) is 5.92 Å². The quantitative estimate of drug-likeness (QED) is 0.891. The van der Waals surface area contributed by atoms with E-state index in [1.165, 1.54) is 45.2 Å². The highest BCUT2D eigenvalue weighted by Gasteiger charge is 2.35. The summed E-state index contributed by atoms with van der Waals surface area (Å²) in [4.78, 5) is 15.5. The monoisotopic (exact) mass is 336 g/mol. The van der Waals surface area contributed by atoms with E-state index in [1.54, 1.807) is 0 Å². The molecular formula is C19H29ClN2O. The van der Waals surface area contributed by atoms with Crippen LogP contribution in [-0.4, -0.2) is 29.9 Å². The molecule has 0 bridgehead atoms. The minimum Gasteiger partial charge on any atom is -0.325 e. The van der Waals surface area contributed by atoms with Crippen LogP contribution in [0.5, 0.6) is 0 Å². The van der Waals surface area contributed by atoms with Gasteiger partial charge in [-0.2, -0.15) is 0 Å². The molecule has 1 N–H and O–H groups in total. The van der Waals surface area contributed by atoms with Gasteiger partial charge in [-0.15, -0.1) is 12.4 Å². The van der Waals surface area contributed by atoms with Crippen molar-refractivity contribution in [1.29, 1.82) is 0 Å². The lowest BCUT2D eigenvalue weighted by Crippen LogP contribution is -2.45. The lowest BCUT2D eigenvalue weighted by molar-refractivity contribution is -0.123. The van der Waals surface area contributed by atoms with E-state index in [4.69, 9.17) is 0 Å². The maximum atomic E-state index is 12.9. The average Bonchev–Trinajstić information content (AvgIpc) is 3.05. The number of carbonyl (C=O) groups is 1. The third kappa shape index (κ3) is 4.07. The van der Waals surface area contributed by atoms with Crippen molar-refractivity contribution >= 4 is 24.0 Å². The number of rotatable bonds is 3. The number of likely N-dealkylation sites (tertiary alicyclic amines) is 1. The number of hydrogen-bond acceptors (Lipinski definition) is 2. The van der Waals surface area contributed by atoms with Gasteiger partial charge in [-0.1, -0.05) is 31.0 Å². The molecule has 0 spiro atoms.